The number of aryl methyl sites for hydroxylation is 1. The summed E-state index contributed by atoms with van der Waals surface area (Å²) >= 11 is 1.42. The zero-order chi connectivity index (χ0) is 13.1. The van der Waals surface area contributed by atoms with Gasteiger partial charge in [0, 0.05) is 5.56 Å². The van der Waals surface area contributed by atoms with Gasteiger partial charge in [0.15, 0.2) is 0 Å². The fourth-order valence-electron chi connectivity index (χ4n) is 1.66. The van der Waals surface area contributed by atoms with E-state index in [1.807, 2.05) is 45.0 Å². The highest BCUT2D eigenvalue weighted by atomic mass is 32.1. The highest BCUT2D eigenvalue weighted by Gasteiger charge is 2.10. The largest absolute Gasteiger partial charge is 0.491 e. The van der Waals surface area contributed by atoms with E-state index in [1.165, 1.54) is 11.3 Å². The van der Waals surface area contributed by atoms with Crippen molar-refractivity contribution in [2.24, 2.45) is 0 Å². The van der Waals surface area contributed by atoms with Gasteiger partial charge in [0.25, 0.3) is 0 Å². The maximum absolute atomic E-state index is 9.06. The normalized spacial score (nSPS) is 10.4. The van der Waals surface area contributed by atoms with Gasteiger partial charge in [0.2, 0.25) is 0 Å². The quantitative estimate of drug-likeness (QED) is 0.841. The van der Waals surface area contributed by atoms with Crippen LogP contribution in [0.15, 0.2) is 24.3 Å². The molecular weight excluding hydrogens is 244 g/mol. The molecule has 0 unspecified atom stereocenters. The Balaban J connectivity index is 2.32. The molecule has 0 fully saturated rings. The Bertz CT molecular complexity index is 579. The van der Waals surface area contributed by atoms with Gasteiger partial charge < -0.3 is 4.74 Å². The average molecular weight is 258 g/mol. The lowest BCUT2D eigenvalue weighted by atomic mass is 10.1. The van der Waals surface area contributed by atoms with Crippen molar-refractivity contribution in [2.75, 3.05) is 0 Å². The molecule has 0 aliphatic carbocycles. The Labute approximate surface area is 111 Å². The van der Waals surface area contributed by atoms with Crippen LogP contribution in [0.5, 0.6) is 5.75 Å². The molecule has 0 atom stereocenters. The van der Waals surface area contributed by atoms with Crippen molar-refractivity contribution >= 4 is 11.3 Å². The van der Waals surface area contributed by atoms with Gasteiger partial charge >= 0.3 is 0 Å². The van der Waals surface area contributed by atoms with Crippen LogP contribution in [0, 0.1) is 18.3 Å². The monoisotopic (exact) mass is 258 g/mol. The SMILES string of the molecule is Cc1nc(-c2ccc(OC(C)C)cc2)c(C#N)s1. The fraction of sp³-hybridized carbons (Fsp3) is 0.286. The molecule has 1 aromatic carbocycles. The Morgan fingerprint density at radius 2 is 1.94 bits per heavy atom. The fourth-order valence-corrected chi connectivity index (χ4v) is 2.40. The van der Waals surface area contributed by atoms with Crippen LogP contribution in [0.2, 0.25) is 0 Å². The molecule has 0 saturated carbocycles. The van der Waals surface area contributed by atoms with Crippen molar-refractivity contribution < 1.29 is 4.74 Å². The van der Waals surface area contributed by atoms with Crippen LogP contribution in [-0.2, 0) is 0 Å². The van der Waals surface area contributed by atoms with Crippen LogP contribution in [0.3, 0.4) is 0 Å². The number of nitriles is 1. The maximum atomic E-state index is 9.06. The number of hydrogen-bond acceptors (Lipinski definition) is 4. The molecule has 0 radical (unpaired) electrons. The van der Waals surface area contributed by atoms with Crippen molar-refractivity contribution in [3.63, 3.8) is 0 Å². The highest BCUT2D eigenvalue weighted by molar-refractivity contribution is 7.12. The summed E-state index contributed by atoms with van der Waals surface area (Å²) in [4.78, 5) is 5.05. The van der Waals surface area contributed by atoms with Crippen molar-refractivity contribution in [1.82, 2.24) is 4.98 Å². The second-order valence-electron chi connectivity index (χ2n) is 4.21. The summed E-state index contributed by atoms with van der Waals surface area (Å²) in [6, 6.07) is 9.88. The van der Waals surface area contributed by atoms with Gasteiger partial charge in [-0.15, -0.1) is 11.3 Å². The smallest absolute Gasteiger partial charge is 0.132 e. The predicted octanol–water partition coefficient (Wildman–Crippen LogP) is 3.78. The van der Waals surface area contributed by atoms with Crippen molar-refractivity contribution in [3.05, 3.63) is 34.2 Å². The summed E-state index contributed by atoms with van der Waals surface area (Å²) in [6.45, 7) is 5.89. The first-order valence-electron chi connectivity index (χ1n) is 5.74. The predicted molar refractivity (Wildman–Crippen MR) is 72.8 cm³/mol. The summed E-state index contributed by atoms with van der Waals surface area (Å²) in [5.41, 5.74) is 1.71. The molecule has 0 N–H and O–H groups in total. The average Bonchev–Trinajstić information content (AvgIpc) is 2.71. The van der Waals surface area contributed by atoms with Crippen molar-refractivity contribution in [2.45, 2.75) is 26.9 Å². The molecule has 2 rings (SSSR count). The van der Waals surface area contributed by atoms with E-state index in [-0.39, 0.29) is 6.10 Å². The second-order valence-corrected chi connectivity index (χ2v) is 5.42. The maximum Gasteiger partial charge on any atom is 0.132 e. The summed E-state index contributed by atoms with van der Waals surface area (Å²) < 4.78 is 5.58. The number of rotatable bonds is 3. The van der Waals surface area contributed by atoms with Crippen LogP contribution >= 0.6 is 11.3 Å². The lowest BCUT2D eigenvalue weighted by Gasteiger charge is -2.09. The molecule has 1 aromatic heterocycles. The number of benzene rings is 1. The number of hydrogen-bond donors (Lipinski definition) is 0. The molecule has 0 aliphatic heterocycles. The van der Waals surface area contributed by atoms with E-state index in [0.29, 0.717) is 4.88 Å². The van der Waals surface area contributed by atoms with E-state index in [1.54, 1.807) is 0 Å². The summed E-state index contributed by atoms with van der Waals surface area (Å²) in [5.74, 6) is 0.833. The Hall–Kier alpha value is -1.86. The number of thiazole rings is 1. The first-order chi connectivity index (χ1) is 8.60. The molecule has 92 valence electrons. The summed E-state index contributed by atoms with van der Waals surface area (Å²) in [6.07, 6.45) is 0.159. The van der Waals surface area contributed by atoms with Crippen LogP contribution in [0.4, 0.5) is 0 Å². The standard InChI is InChI=1S/C14H14N2OS/c1-9(2)17-12-6-4-11(5-7-12)14-13(8-15)18-10(3)16-14/h4-7,9H,1-3H3. The molecule has 2 aromatic rings. The molecule has 0 saturated heterocycles. The Morgan fingerprint density at radius 3 is 2.50 bits per heavy atom. The van der Waals surface area contributed by atoms with Crippen LogP contribution in [0.25, 0.3) is 11.3 Å². The minimum absolute atomic E-state index is 0.159. The van der Waals surface area contributed by atoms with Crippen molar-refractivity contribution in [3.8, 4) is 23.1 Å². The zero-order valence-corrected chi connectivity index (χ0v) is 11.4. The molecule has 4 heteroatoms. The highest BCUT2D eigenvalue weighted by Crippen LogP contribution is 2.28. The zero-order valence-electron chi connectivity index (χ0n) is 10.6. The van der Waals surface area contributed by atoms with E-state index < -0.39 is 0 Å². The second kappa shape index (κ2) is 5.19. The van der Waals surface area contributed by atoms with Crippen LogP contribution < -0.4 is 4.74 Å². The summed E-state index contributed by atoms with van der Waals surface area (Å²) in [5, 5.41) is 9.97. The van der Waals surface area contributed by atoms with Gasteiger partial charge in [-0.25, -0.2) is 4.98 Å². The Kier molecular flexibility index (Phi) is 3.63. The van der Waals surface area contributed by atoms with E-state index in [9.17, 15) is 0 Å². The molecular formula is C14H14N2OS. The van der Waals surface area contributed by atoms with Crippen LogP contribution in [-0.4, -0.2) is 11.1 Å². The minimum atomic E-state index is 0.159. The molecule has 0 bridgehead atoms. The molecule has 1 heterocycles. The first-order valence-corrected chi connectivity index (χ1v) is 6.56. The number of ether oxygens (including phenoxy) is 1. The number of nitrogens with zero attached hydrogens (tertiary/aromatic N) is 2. The third-order valence-corrected chi connectivity index (χ3v) is 3.21. The third-order valence-electron chi connectivity index (χ3n) is 2.34. The molecule has 0 aliphatic rings. The minimum Gasteiger partial charge on any atom is -0.491 e. The van der Waals surface area contributed by atoms with Gasteiger partial charge in [0.1, 0.15) is 16.7 Å². The van der Waals surface area contributed by atoms with Crippen molar-refractivity contribution in [1.29, 1.82) is 5.26 Å². The van der Waals surface area contributed by atoms with E-state index >= 15 is 0 Å². The lowest BCUT2D eigenvalue weighted by molar-refractivity contribution is 0.242. The molecule has 18 heavy (non-hydrogen) atoms. The van der Waals surface area contributed by atoms with E-state index in [2.05, 4.69) is 11.1 Å². The van der Waals surface area contributed by atoms with Gasteiger partial charge in [0.05, 0.1) is 16.8 Å². The van der Waals surface area contributed by atoms with Gasteiger partial charge in [-0.05, 0) is 45.0 Å². The van der Waals surface area contributed by atoms with E-state index in [0.717, 1.165) is 22.0 Å². The van der Waals surface area contributed by atoms with Crippen LogP contribution in [0.1, 0.15) is 23.7 Å². The number of aromatic nitrogens is 1. The lowest BCUT2D eigenvalue weighted by Crippen LogP contribution is -2.05. The molecule has 0 amide bonds. The topological polar surface area (TPSA) is 45.9 Å². The molecule has 0 spiro atoms. The summed E-state index contributed by atoms with van der Waals surface area (Å²) in [7, 11) is 0. The first kappa shape index (κ1) is 12.6. The molecule has 3 nitrogen and oxygen atoms in total. The van der Waals surface area contributed by atoms with Gasteiger partial charge in [-0.1, -0.05) is 0 Å². The van der Waals surface area contributed by atoms with Gasteiger partial charge in [-0.3, -0.25) is 0 Å². The third kappa shape index (κ3) is 2.69. The Morgan fingerprint density at radius 1 is 1.28 bits per heavy atom. The van der Waals surface area contributed by atoms with E-state index in [4.69, 9.17) is 10.00 Å². The van der Waals surface area contributed by atoms with Gasteiger partial charge in [-0.2, -0.15) is 5.26 Å².